The van der Waals surface area contributed by atoms with Crippen LogP contribution in [-0.4, -0.2) is 39.2 Å². The summed E-state index contributed by atoms with van der Waals surface area (Å²) in [7, 11) is 1.74. The van der Waals surface area contributed by atoms with Gasteiger partial charge in [-0.2, -0.15) is 0 Å². The second-order valence-electron chi connectivity index (χ2n) is 5.36. The summed E-state index contributed by atoms with van der Waals surface area (Å²) < 4.78 is 16.5. The van der Waals surface area contributed by atoms with Gasteiger partial charge in [0.15, 0.2) is 6.29 Å². The monoisotopic (exact) mass is 293 g/mol. The van der Waals surface area contributed by atoms with Gasteiger partial charge in [-0.15, -0.1) is 0 Å². The van der Waals surface area contributed by atoms with Gasteiger partial charge in [0, 0.05) is 25.8 Å². The van der Waals surface area contributed by atoms with E-state index in [1.165, 1.54) is 5.56 Å². The molecule has 1 saturated carbocycles. The van der Waals surface area contributed by atoms with E-state index in [1.54, 1.807) is 7.11 Å². The van der Waals surface area contributed by atoms with Crippen LogP contribution in [0.25, 0.3) is 0 Å². The zero-order chi connectivity index (χ0) is 15.1. The molecule has 0 bridgehead atoms. The van der Waals surface area contributed by atoms with Crippen LogP contribution >= 0.6 is 0 Å². The fourth-order valence-corrected chi connectivity index (χ4v) is 2.84. The highest BCUT2D eigenvalue weighted by Gasteiger charge is 2.32. The van der Waals surface area contributed by atoms with Crippen molar-refractivity contribution >= 4 is 0 Å². The molecule has 0 aliphatic heterocycles. The van der Waals surface area contributed by atoms with E-state index in [4.69, 9.17) is 14.2 Å². The summed E-state index contributed by atoms with van der Waals surface area (Å²) in [5.41, 5.74) is 1.32. The van der Waals surface area contributed by atoms with Crippen LogP contribution in [0.3, 0.4) is 0 Å². The van der Waals surface area contributed by atoms with Crippen molar-refractivity contribution in [3.8, 4) is 5.75 Å². The third-order valence-corrected chi connectivity index (χ3v) is 4.00. The first-order chi connectivity index (χ1) is 10.3. The third kappa shape index (κ3) is 4.43. The Labute approximate surface area is 127 Å². The average molecular weight is 293 g/mol. The zero-order valence-corrected chi connectivity index (χ0v) is 13.3. The number of methoxy groups -OCH3 is 1. The first kappa shape index (κ1) is 16.3. The largest absolute Gasteiger partial charge is 0.496 e. The molecule has 1 fully saturated rings. The van der Waals surface area contributed by atoms with Crippen molar-refractivity contribution in [2.75, 3.05) is 26.9 Å². The fourth-order valence-electron chi connectivity index (χ4n) is 2.84. The number of para-hydroxylation sites is 1. The topological polar surface area (TPSA) is 39.7 Å². The Morgan fingerprint density at radius 2 is 1.81 bits per heavy atom. The summed E-state index contributed by atoms with van der Waals surface area (Å²) in [6.45, 7) is 6.10. The summed E-state index contributed by atoms with van der Waals surface area (Å²) in [6, 6.07) is 8.85. The number of hydrogen-bond donors (Lipinski definition) is 1. The molecular weight excluding hydrogens is 266 g/mol. The molecule has 0 heterocycles. The van der Waals surface area contributed by atoms with Crippen molar-refractivity contribution in [1.82, 2.24) is 5.32 Å². The standard InChI is InChI=1S/C17H27NO3/c1-4-20-17(21-5-2)12-18-14-10-13(11-14)15-8-6-7-9-16(15)19-3/h6-9,13-14,17-18H,4-5,10-12H2,1-3H3. The molecule has 0 spiro atoms. The van der Waals surface area contributed by atoms with Gasteiger partial charge in [0.25, 0.3) is 0 Å². The lowest BCUT2D eigenvalue weighted by molar-refractivity contribution is -0.134. The second-order valence-corrected chi connectivity index (χ2v) is 5.36. The summed E-state index contributed by atoms with van der Waals surface area (Å²) in [5.74, 6) is 1.60. The maximum atomic E-state index is 5.54. The van der Waals surface area contributed by atoms with Crippen LogP contribution in [0.4, 0.5) is 0 Å². The molecule has 0 amide bonds. The molecule has 2 rings (SSSR count). The van der Waals surface area contributed by atoms with E-state index < -0.39 is 0 Å². The summed E-state index contributed by atoms with van der Waals surface area (Å²) in [5, 5.41) is 3.54. The van der Waals surface area contributed by atoms with Crippen LogP contribution in [0.1, 0.15) is 38.2 Å². The van der Waals surface area contributed by atoms with Crippen molar-refractivity contribution in [2.24, 2.45) is 0 Å². The number of hydrogen-bond acceptors (Lipinski definition) is 4. The number of benzene rings is 1. The number of ether oxygens (including phenoxy) is 3. The lowest BCUT2D eigenvalue weighted by Crippen LogP contribution is -2.44. The Kier molecular flexibility index (Phi) is 6.49. The van der Waals surface area contributed by atoms with Gasteiger partial charge < -0.3 is 19.5 Å². The van der Waals surface area contributed by atoms with E-state index in [0.29, 0.717) is 25.2 Å². The molecule has 0 saturated heterocycles. The number of nitrogens with one attached hydrogen (secondary N) is 1. The molecule has 118 valence electrons. The van der Waals surface area contributed by atoms with Crippen molar-refractivity contribution in [3.05, 3.63) is 29.8 Å². The molecule has 0 radical (unpaired) electrons. The van der Waals surface area contributed by atoms with Crippen LogP contribution in [-0.2, 0) is 9.47 Å². The molecule has 1 aromatic rings. The number of rotatable bonds is 9. The summed E-state index contributed by atoms with van der Waals surface area (Å²) in [4.78, 5) is 0. The summed E-state index contributed by atoms with van der Waals surface area (Å²) >= 11 is 0. The Morgan fingerprint density at radius 1 is 1.14 bits per heavy atom. The van der Waals surface area contributed by atoms with E-state index >= 15 is 0 Å². The molecule has 0 atom stereocenters. The maximum absolute atomic E-state index is 5.54. The van der Waals surface area contributed by atoms with Gasteiger partial charge in [0.05, 0.1) is 7.11 Å². The molecule has 1 aliphatic carbocycles. The molecule has 0 unspecified atom stereocenters. The van der Waals surface area contributed by atoms with Crippen molar-refractivity contribution in [2.45, 2.75) is 44.9 Å². The highest BCUT2D eigenvalue weighted by Crippen LogP contribution is 2.40. The second kappa shape index (κ2) is 8.37. The van der Waals surface area contributed by atoms with E-state index in [-0.39, 0.29) is 6.29 Å². The molecule has 4 nitrogen and oxygen atoms in total. The molecular formula is C17H27NO3. The zero-order valence-electron chi connectivity index (χ0n) is 13.3. The quantitative estimate of drug-likeness (QED) is 0.711. The normalized spacial score (nSPS) is 21.3. The molecule has 4 heteroatoms. The Hall–Kier alpha value is -1.10. The Balaban J connectivity index is 1.76. The van der Waals surface area contributed by atoms with Crippen molar-refractivity contribution in [3.63, 3.8) is 0 Å². The maximum Gasteiger partial charge on any atom is 0.169 e. The lowest BCUT2D eigenvalue weighted by Gasteiger charge is -2.37. The molecule has 0 aromatic heterocycles. The van der Waals surface area contributed by atoms with Crippen LogP contribution < -0.4 is 10.1 Å². The molecule has 21 heavy (non-hydrogen) atoms. The Bertz CT molecular complexity index is 412. The minimum absolute atomic E-state index is 0.134. The molecule has 1 aliphatic rings. The fraction of sp³-hybridized carbons (Fsp3) is 0.647. The van der Waals surface area contributed by atoms with Gasteiger partial charge in [0.1, 0.15) is 5.75 Å². The lowest BCUT2D eigenvalue weighted by atomic mass is 9.75. The van der Waals surface area contributed by atoms with Gasteiger partial charge in [0.2, 0.25) is 0 Å². The first-order valence-electron chi connectivity index (χ1n) is 7.87. The van der Waals surface area contributed by atoms with Crippen molar-refractivity contribution < 1.29 is 14.2 Å². The predicted octanol–water partition coefficient (Wildman–Crippen LogP) is 2.93. The summed E-state index contributed by atoms with van der Waals surface area (Å²) in [6.07, 6.45) is 2.15. The highest BCUT2D eigenvalue weighted by molar-refractivity contribution is 5.37. The van der Waals surface area contributed by atoms with Gasteiger partial charge in [-0.05, 0) is 44.2 Å². The van der Waals surface area contributed by atoms with Gasteiger partial charge in [-0.1, -0.05) is 18.2 Å². The van der Waals surface area contributed by atoms with E-state index in [9.17, 15) is 0 Å². The van der Waals surface area contributed by atoms with Crippen LogP contribution in [0.15, 0.2) is 24.3 Å². The van der Waals surface area contributed by atoms with E-state index in [1.807, 2.05) is 26.0 Å². The smallest absolute Gasteiger partial charge is 0.169 e. The first-order valence-corrected chi connectivity index (χ1v) is 7.87. The SMILES string of the molecule is CCOC(CNC1CC(c2ccccc2OC)C1)OCC. The van der Waals surface area contributed by atoms with Gasteiger partial charge in [-0.3, -0.25) is 0 Å². The third-order valence-electron chi connectivity index (χ3n) is 4.00. The molecule has 1 N–H and O–H groups in total. The van der Waals surface area contributed by atoms with Crippen LogP contribution in [0.2, 0.25) is 0 Å². The highest BCUT2D eigenvalue weighted by atomic mass is 16.7. The van der Waals surface area contributed by atoms with Crippen molar-refractivity contribution in [1.29, 1.82) is 0 Å². The molecule has 1 aromatic carbocycles. The van der Waals surface area contributed by atoms with Gasteiger partial charge in [-0.25, -0.2) is 0 Å². The van der Waals surface area contributed by atoms with E-state index in [0.717, 1.165) is 25.1 Å². The predicted molar refractivity (Wildman–Crippen MR) is 83.8 cm³/mol. The van der Waals surface area contributed by atoms with E-state index in [2.05, 4.69) is 17.4 Å². The van der Waals surface area contributed by atoms with Crippen LogP contribution in [0, 0.1) is 0 Å². The minimum atomic E-state index is -0.134. The average Bonchev–Trinajstić information content (AvgIpc) is 2.46. The van der Waals surface area contributed by atoms with Crippen LogP contribution in [0.5, 0.6) is 5.75 Å². The van der Waals surface area contributed by atoms with Gasteiger partial charge >= 0.3 is 0 Å². The minimum Gasteiger partial charge on any atom is -0.496 e. The Morgan fingerprint density at radius 3 is 2.43 bits per heavy atom.